The minimum absolute atomic E-state index is 0.0376. The third-order valence-corrected chi connectivity index (χ3v) is 3.59. The number of likely N-dealkylation sites (N-methyl/N-ethyl adjacent to an activating group) is 1. The summed E-state index contributed by atoms with van der Waals surface area (Å²) in [4.78, 5) is 36.3. The van der Waals surface area contributed by atoms with Gasteiger partial charge in [-0.15, -0.1) is 0 Å². The number of imidazole rings is 1. The van der Waals surface area contributed by atoms with Gasteiger partial charge in [0.05, 0.1) is 17.2 Å². The zero-order chi connectivity index (χ0) is 12.9. The van der Waals surface area contributed by atoms with Crippen LogP contribution in [0.2, 0.25) is 0 Å². The van der Waals surface area contributed by atoms with E-state index in [4.69, 9.17) is 0 Å². The molecule has 6 nitrogen and oxygen atoms in total. The van der Waals surface area contributed by atoms with E-state index in [1.165, 1.54) is 9.13 Å². The van der Waals surface area contributed by atoms with Gasteiger partial charge in [-0.05, 0) is 12.8 Å². The van der Waals surface area contributed by atoms with Crippen LogP contribution in [0, 0.1) is 0 Å². The number of hydrogen-bond donors (Lipinski definition) is 0. The number of carbonyl (C=O) groups is 2. The molecule has 2 aliphatic rings. The van der Waals surface area contributed by atoms with Crippen LogP contribution >= 0.6 is 0 Å². The maximum Gasteiger partial charge on any atom is 0.330 e. The van der Waals surface area contributed by atoms with Gasteiger partial charge in [0.1, 0.15) is 12.8 Å². The molecule has 18 heavy (non-hydrogen) atoms. The van der Waals surface area contributed by atoms with Crippen molar-refractivity contribution in [1.82, 2.24) is 14.0 Å². The summed E-state index contributed by atoms with van der Waals surface area (Å²) in [6, 6.07) is 0. The molecule has 3 rings (SSSR count). The fraction of sp³-hybridized carbons (Fsp3) is 0.417. The Hall–Kier alpha value is -2.11. The van der Waals surface area contributed by atoms with Crippen LogP contribution in [0.5, 0.6) is 0 Å². The fourth-order valence-corrected chi connectivity index (χ4v) is 2.70. The highest BCUT2D eigenvalue weighted by Gasteiger charge is 2.27. The number of nitrogens with zero attached hydrogens (tertiary/aromatic N) is 3. The second-order valence-electron chi connectivity index (χ2n) is 4.52. The molecule has 1 aliphatic carbocycles. The first-order chi connectivity index (χ1) is 8.65. The van der Waals surface area contributed by atoms with Crippen molar-refractivity contribution in [3.63, 3.8) is 0 Å². The van der Waals surface area contributed by atoms with Gasteiger partial charge in [-0.2, -0.15) is 0 Å². The Morgan fingerprint density at radius 1 is 1.39 bits per heavy atom. The Balaban J connectivity index is 2.46. The van der Waals surface area contributed by atoms with Gasteiger partial charge < -0.3 is 9.69 Å². The van der Waals surface area contributed by atoms with Gasteiger partial charge in [0.2, 0.25) is 5.91 Å². The van der Waals surface area contributed by atoms with Gasteiger partial charge >= 0.3 is 5.69 Å². The minimum atomic E-state index is -0.274. The number of amides is 1. The van der Waals surface area contributed by atoms with Crippen molar-refractivity contribution in [2.45, 2.75) is 25.9 Å². The molecule has 0 spiro atoms. The van der Waals surface area contributed by atoms with Gasteiger partial charge in [-0.25, -0.2) is 4.79 Å². The molecule has 6 heteroatoms. The molecule has 1 aromatic rings. The highest BCUT2D eigenvalue weighted by atomic mass is 16.2. The average Bonchev–Trinajstić information content (AvgIpc) is 2.63. The first kappa shape index (κ1) is 11.0. The molecule has 0 aromatic carbocycles. The minimum Gasteiger partial charge on any atom is -0.316 e. The Morgan fingerprint density at radius 2 is 2.17 bits per heavy atom. The molecule has 0 saturated carbocycles. The van der Waals surface area contributed by atoms with Crippen LogP contribution in [0.4, 0.5) is 0 Å². The quantitative estimate of drug-likeness (QED) is 0.568. The van der Waals surface area contributed by atoms with E-state index in [2.05, 4.69) is 0 Å². The third kappa shape index (κ3) is 1.25. The number of aromatic nitrogens is 2. The monoisotopic (exact) mass is 247 g/mol. The van der Waals surface area contributed by atoms with Gasteiger partial charge in [0, 0.05) is 12.7 Å². The highest BCUT2D eigenvalue weighted by molar-refractivity contribution is 5.84. The molecule has 0 unspecified atom stereocenters. The van der Waals surface area contributed by atoms with E-state index >= 15 is 0 Å². The van der Waals surface area contributed by atoms with Crippen LogP contribution in [-0.4, -0.2) is 33.3 Å². The van der Waals surface area contributed by atoms with E-state index in [1.54, 1.807) is 11.9 Å². The predicted molar refractivity (Wildman–Crippen MR) is 63.9 cm³/mol. The molecule has 0 bridgehead atoms. The molecule has 1 amide bonds. The maximum absolute atomic E-state index is 12.2. The van der Waals surface area contributed by atoms with Crippen molar-refractivity contribution in [2.24, 2.45) is 0 Å². The molecule has 1 aliphatic heterocycles. The Bertz CT molecular complexity index is 723. The lowest BCUT2D eigenvalue weighted by Gasteiger charge is -2.26. The number of hydrogen-bond acceptors (Lipinski definition) is 3. The van der Waals surface area contributed by atoms with Crippen molar-refractivity contribution < 1.29 is 9.59 Å². The molecule has 2 heterocycles. The lowest BCUT2D eigenvalue weighted by Crippen LogP contribution is -2.49. The molecule has 0 atom stereocenters. The summed E-state index contributed by atoms with van der Waals surface area (Å²) in [6.45, 7) is 0.0940. The van der Waals surface area contributed by atoms with Crippen molar-refractivity contribution >= 4 is 24.0 Å². The molecule has 1 aromatic heterocycles. The van der Waals surface area contributed by atoms with Crippen molar-refractivity contribution in [3.8, 4) is 0 Å². The lowest BCUT2D eigenvalue weighted by molar-refractivity contribution is -0.128. The molecule has 0 saturated heterocycles. The summed E-state index contributed by atoms with van der Waals surface area (Å²) < 4.78 is 2.92. The summed E-state index contributed by atoms with van der Waals surface area (Å²) in [6.07, 6.45) is 4.20. The van der Waals surface area contributed by atoms with Crippen LogP contribution in [0.1, 0.15) is 12.8 Å². The molecule has 0 radical (unpaired) electrons. The van der Waals surface area contributed by atoms with Crippen molar-refractivity contribution in [3.05, 3.63) is 21.2 Å². The van der Waals surface area contributed by atoms with Gasteiger partial charge in [0.15, 0.2) is 0 Å². The predicted octanol–water partition coefficient (Wildman–Crippen LogP) is -2.00. The van der Waals surface area contributed by atoms with E-state index in [-0.39, 0.29) is 24.7 Å². The normalized spacial score (nSPS) is 17.5. The standard InChI is InChI=1S/C12H13N3O3/c1-13-8-3-2-4-9-11(8)15(7-10(13)17)12(18)14(9)5-6-16/h4,6H,2-3,5,7H2,1H3. The molecule has 0 fully saturated rings. The van der Waals surface area contributed by atoms with Crippen molar-refractivity contribution in [2.75, 3.05) is 7.05 Å². The second kappa shape index (κ2) is 3.69. The Labute approximate surface area is 102 Å². The SMILES string of the molecule is CN1C(=O)Cn2c3c(n(CC=O)c2=O)=CCCC=31. The zero-order valence-corrected chi connectivity index (χ0v) is 10.0. The van der Waals surface area contributed by atoms with Gasteiger partial charge in [0.25, 0.3) is 0 Å². The third-order valence-electron chi connectivity index (χ3n) is 3.59. The highest BCUT2D eigenvalue weighted by Crippen LogP contribution is 2.14. The van der Waals surface area contributed by atoms with Gasteiger partial charge in [-0.1, -0.05) is 6.08 Å². The summed E-state index contributed by atoms with van der Waals surface area (Å²) in [7, 11) is 1.73. The molecule has 0 N–H and O–H groups in total. The van der Waals surface area contributed by atoms with E-state index in [0.717, 1.165) is 29.2 Å². The van der Waals surface area contributed by atoms with Crippen LogP contribution in [0.25, 0.3) is 11.8 Å². The first-order valence-electron chi connectivity index (χ1n) is 5.88. The number of aldehydes is 1. The average molecular weight is 247 g/mol. The summed E-state index contributed by atoms with van der Waals surface area (Å²) >= 11 is 0. The topological polar surface area (TPSA) is 64.3 Å². The lowest BCUT2D eigenvalue weighted by atomic mass is 10.1. The zero-order valence-electron chi connectivity index (χ0n) is 10.0. The van der Waals surface area contributed by atoms with Crippen LogP contribution in [-0.2, 0) is 22.7 Å². The van der Waals surface area contributed by atoms with Gasteiger partial charge in [-0.3, -0.25) is 13.9 Å². The van der Waals surface area contributed by atoms with E-state index in [0.29, 0.717) is 6.29 Å². The number of rotatable bonds is 2. The summed E-state index contributed by atoms with van der Waals surface area (Å²) in [5.41, 5.74) is 0.606. The van der Waals surface area contributed by atoms with Crippen molar-refractivity contribution in [1.29, 1.82) is 0 Å². The first-order valence-corrected chi connectivity index (χ1v) is 5.88. The van der Waals surface area contributed by atoms with Crippen LogP contribution in [0.15, 0.2) is 4.79 Å². The fourth-order valence-electron chi connectivity index (χ4n) is 2.70. The Kier molecular flexibility index (Phi) is 2.26. The Morgan fingerprint density at radius 3 is 2.89 bits per heavy atom. The summed E-state index contributed by atoms with van der Waals surface area (Å²) in [5.74, 6) is -0.0868. The van der Waals surface area contributed by atoms with Crippen LogP contribution < -0.4 is 16.4 Å². The van der Waals surface area contributed by atoms with Crippen LogP contribution in [0.3, 0.4) is 0 Å². The van der Waals surface area contributed by atoms with E-state index in [1.807, 2.05) is 6.08 Å². The maximum atomic E-state index is 12.2. The largest absolute Gasteiger partial charge is 0.330 e. The molecule has 94 valence electrons. The van der Waals surface area contributed by atoms with E-state index in [9.17, 15) is 14.4 Å². The smallest absolute Gasteiger partial charge is 0.316 e. The van der Waals surface area contributed by atoms with E-state index < -0.39 is 0 Å². The molecular weight excluding hydrogens is 234 g/mol. The number of carbonyl (C=O) groups excluding carboxylic acids is 2. The second-order valence-corrected chi connectivity index (χ2v) is 4.52. The summed E-state index contributed by atoms with van der Waals surface area (Å²) in [5, 5.41) is 1.57. The molecular formula is C12H13N3O3.